The van der Waals surface area contributed by atoms with Gasteiger partial charge in [-0.1, -0.05) is 11.2 Å². The maximum Gasteiger partial charge on any atom is 0.416 e. The maximum atomic E-state index is 13.3. The largest absolute Gasteiger partial charge is 0.416 e. The maximum absolute atomic E-state index is 13.3. The highest BCUT2D eigenvalue weighted by Crippen LogP contribution is 2.32. The third-order valence-corrected chi connectivity index (χ3v) is 5.35. The van der Waals surface area contributed by atoms with Gasteiger partial charge in [0.1, 0.15) is 6.04 Å². The van der Waals surface area contributed by atoms with Crippen LogP contribution in [0.15, 0.2) is 28.8 Å². The summed E-state index contributed by atoms with van der Waals surface area (Å²) in [7, 11) is 0. The number of carbonyl (C=O) groups excluding carboxylic acids is 1. The van der Waals surface area contributed by atoms with E-state index in [2.05, 4.69) is 25.6 Å². The van der Waals surface area contributed by atoms with Crippen molar-refractivity contribution in [1.82, 2.24) is 35.2 Å². The van der Waals surface area contributed by atoms with Crippen LogP contribution >= 0.6 is 0 Å². The van der Waals surface area contributed by atoms with Crippen LogP contribution in [0.4, 0.5) is 13.2 Å². The van der Waals surface area contributed by atoms with Gasteiger partial charge in [-0.3, -0.25) is 4.79 Å². The number of amides is 1. The molecule has 9 nitrogen and oxygen atoms in total. The molecule has 2 aromatic heterocycles. The number of aryl methyl sites for hydroxylation is 2. The summed E-state index contributed by atoms with van der Waals surface area (Å²) in [6, 6.07) is 3.03. The van der Waals surface area contributed by atoms with Gasteiger partial charge in [0.15, 0.2) is 11.6 Å². The Bertz CT molecular complexity index is 1170. The summed E-state index contributed by atoms with van der Waals surface area (Å²) in [5.74, 6) is 0.999. The molecule has 12 heteroatoms. The van der Waals surface area contributed by atoms with Gasteiger partial charge in [0.2, 0.25) is 11.8 Å². The Morgan fingerprint density at radius 1 is 1.24 bits per heavy atom. The van der Waals surface area contributed by atoms with E-state index in [1.165, 1.54) is 23.0 Å². The molecule has 33 heavy (non-hydrogen) atoms. The molecule has 0 saturated carbocycles. The number of aromatic nitrogens is 6. The number of carbonyl (C=O) groups is 1. The van der Waals surface area contributed by atoms with Crippen molar-refractivity contribution in [3.8, 4) is 0 Å². The van der Waals surface area contributed by atoms with E-state index in [1.807, 2.05) is 0 Å². The fourth-order valence-corrected chi connectivity index (χ4v) is 3.78. The van der Waals surface area contributed by atoms with Gasteiger partial charge in [-0.25, -0.2) is 0 Å². The molecule has 1 aliphatic rings. The quantitative estimate of drug-likeness (QED) is 0.536. The summed E-state index contributed by atoms with van der Waals surface area (Å²) in [6.45, 7) is 3.85. The second-order valence-corrected chi connectivity index (χ2v) is 7.83. The van der Waals surface area contributed by atoms with E-state index in [4.69, 9.17) is 4.52 Å². The normalized spacial score (nSPS) is 17.1. The van der Waals surface area contributed by atoms with E-state index >= 15 is 0 Å². The molecule has 1 atom stereocenters. The summed E-state index contributed by atoms with van der Waals surface area (Å²) in [5.41, 5.74) is -0.0248. The van der Waals surface area contributed by atoms with Gasteiger partial charge in [-0.15, -0.1) is 10.2 Å². The predicted octanol–water partition coefficient (Wildman–Crippen LogP) is 3.51. The van der Waals surface area contributed by atoms with Crippen molar-refractivity contribution in [2.45, 2.75) is 51.9 Å². The van der Waals surface area contributed by atoms with Crippen molar-refractivity contribution in [2.75, 3.05) is 6.54 Å². The van der Waals surface area contributed by atoms with E-state index in [0.29, 0.717) is 41.6 Å². The zero-order valence-corrected chi connectivity index (χ0v) is 18.1. The molecule has 1 unspecified atom stereocenters. The minimum Gasteiger partial charge on any atom is -0.337 e. The van der Waals surface area contributed by atoms with E-state index < -0.39 is 11.7 Å². The number of halogens is 3. The van der Waals surface area contributed by atoms with Crippen molar-refractivity contribution in [1.29, 1.82) is 0 Å². The van der Waals surface area contributed by atoms with Crippen molar-refractivity contribution >= 4 is 12.0 Å². The number of alkyl halides is 3. The molecule has 3 aromatic rings. The topological polar surface area (TPSA) is 103 Å². The minimum absolute atomic E-state index is 0.0216. The number of hydrogen-bond acceptors (Lipinski definition) is 7. The lowest BCUT2D eigenvalue weighted by atomic mass is 10.0. The molecule has 3 heterocycles. The molecule has 1 fully saturated rings. The molecular weight excluding hydrogens is 439 g/mol. The first-order chi connectivity index (χ1) is 15.7. The summed E-state index contributed by atoms with van der Waals surface area (Å²) in [4.78, 5) is 20.1. The molecule has 1 aliphatic heterocycles. The van der Waals surface area contributed by atoms with Crippen molar-refractivity contribution in [3.63, 3.8) is 0 Å². The lowest BCUT2D eigenvalue weighted by Gasteiger charge is -2.32. The van der Waals surface area contributed by atoms with Crippen LogP contribution in [-0.2, 0) is 17.5 Å². The Hall–Kier alpha value is -3.57. The second kappa shape index (κ2) is 9.12. The van der Waals surface area contributed by atoms with Gasteiger partial charge in [0, 0.05) is 12.6 Å². The number of hydrogen-bond donors (Lipinski definition) is 0. The monoisotopic (exact) mass is 461 g/mol. The number of likely N-dealkylation sites (tertiary alicyclic amines) is 1. The van der Waals surface area contributed by atoms with E-state index in [9.17, 15) is 18.0 Å². The highest BCUT2D eigenvalue weighted by molar-refractivity contribution is 5.92. The average Bonchev–Trinajstić information content (AvgIpc) is 3.39. The van der Waals surface area contributed by atoms with E-state index in [1.54, 1.807) is 18.7 Å². The highest BCUT2D eigenvalue weighted by atomic mass is 19.4. The van der Waals surface area contributed by atoms with Crippen LogP contribution in [0.1, 0.15) is 59.5 Å². The van der Waals surface area contributed by atoms with Crippen LogP contribution in [0.3, 0.4) is 0 Å². The molecular formula is C21H22F3N7O2. The lowest BCUT2D eigenvalue weighted by molar-refractivity contribution is -0.137. The summed E-state index contributed by atoms with van der Waals surface area (Å²) >= 11 is 0. The minimum atomic E-state index is -4.50. The van der Waals surface area contributed by atoms with Gasteiger partial charge in [-0.05, 0) is 67.7 Å². The summed E-state index contributed by atoms with van der Waals surface area (Å²) in [6.07, 6.45) is 0.824. The van der Waals surface area contributed by atoms with Crippen molar-refractivity contribution in [2.24, 2.45) is 0 Å². The van der Waals surface area contributed by atoms with Crippen LogP contribution in [0, 0.1) is 13.8 Å². The first-order valence-corrected chi connectivity index (χ1v) is 10.4. The molecule has 0 spiro atoms. The van der Waals surface area contributed by atoms with Crippen LogP contribution in [-0.4, -0.2) is 47.7 Å². The molecule has 0 bridgehead atoms. The molecule has 174 valence electrons. The van der Waals surface area contributed by atoms with Gasteiger partial charge in [-0.2, -0.15) is 23.0 Å². The third-order valence-electron chi connectivity index (χ3n) is 5.35. The lowest BCUT2D eigenvalue weighted by Crippen LogP contribution is -2.37. The van der Waals surface area contributed by atoms with Gasteiger partial charge >= 0.3 is 6.18 Å². The first-order valence-electron chi connectivity index (χ1n) is 10.4. The number of benzene rings is 1. The molecule has 0 aliphatic carbocycles. The first kappa shape index (κ1) is 22.6. The molecule has 1 saturated heterocycles. The Labute approximate surface area is 187 Å². The Kier molecular flexibility index (Phi) is 6.25. The number of rotatable bonds is 5. The van der Waals surface area contributed by atoms with Gasteiger partial charge < -0.3 is 9.42 Å². The van der Waals surface area contributed by atoms with E-state index in [0.717, 1.165) is 25.0 Å². The number of tetrazole rings is 1. The Morgan fingerprint density at radius 2 is 2.06 bits per heavy atom. The van der Waals surface area contributed by atoms with E-state index in [-0.39, 0.29) is 18.5 Å². The van der Waals surface area contributed by atoms with Crippen LogP contribution in [0.2, 0.25) is 0 Å². The highest BCUT2D eigenvalue weighted by Gasteiger charge is 2.32. The Balaban J connectivity index is 1.59. The molecule has 1 amide bonds. The fraction of sp³-hybridized carbons (Fsp3) is 0.429. The summed E-state index contributed by atoms with van der Waals surface area (Å²) in [5, 5.41) is 15.4. The van der Waals surface area contributed by atoms with Gasteiger partial charge in [0.05, 0.1) is 12.1 Å². The Morgan fingerprint density at radius 3 is 2.73 bits per heavy atom. The van der Waals surface area contributed by atoms with Crippen molar-refractivity contribution in [3.05, 3.63) is 58.5 Å². The van der Waals surface area contributed by atoms with Gasteiger partial charge in [0.25, 0.3) is 0 Å². The van der Waals surface area contributed by atoms with Crippen LogP contribution < -0.4 is 0 Å². The standard InChI is InChI=1S/C21H22F3N7O2/c1-13-25-20(33-28-13)18-5-3-4-10-30(18)19(32)9-7-15-6-8-17(21(22,23)24)11-16(15)12-31-27-14(2)26-29-31/h6-9,11,18H,3-5,10,12H2,1-2H3. The van der Waals surface area contributed by atoms with Crippen LogP contribution in [0.25, 0.3) is 6.08 Å². The summed E-state index contributed by atoms with van der Waals surface area (Å²) < 4.78 is 45.0. The van der Waals surface area contributed by atoms with Crippen molar-refractivity contribution < 1.29 is 22.5 Å². The zero-order valence-electron chi connectivity index (χ0n) is 18.1. The average molecular weight is 461 g/mol. The SMILES string of the molecule is Cc1noc(C2CCCCN2C(=O)C=Cc2ccc(C(F)(F)F)cc2Cn2nnc(C)n2)n1. The van der Waals surface area contributed by atoms with Crippen LogP contribution in [0.5, 0.6) is 0 Å². The third kappa shape index (κ3) is 5.26. The molecule has 1 aromatic carbocycles. The molecule has 0 radical (unpaired) electrons. The zero-order chi connectivity index (χ0) is 23.6. The second-order valence-electron chi connectivity index (χ2n) is 7.83. The number of nitrogens with zero attached hydrogens (tertiary/aromatic N) is 7. The molecule has 0 N–H and O–H groups in total. The predicted molar refractivity (Wildman–Crippen MR) is 109 cm³/mol. The smallest absolute Gasteiger partial charge is 0.337 e. The number of piperidine rings is 1. The molecule has 4 rings (SSSR count). The fourth-order valence-electron chi connectivity index (χ4n) is 3.78.